The van der Waals surface area contributed by atoms with Crippen molar-refractivity contribution in [3.63, 3.8) is 0 Å². The molecule has 1 atom stereocenters. The summed E-state index contributed by atoms with van der Waals surface area (Å²) in [5, 5.41) is 2.83. The van der Waals surface area contributed by atoms with E-state index in [9.17, 15) is 9.59 Å². The van der Waals surface area contributed by atoms with Crippen LogP contribution >= 0.6 is 11.6 Å². The second kappa shape index (κ2) is 6.00. The van der Waals surface area contributed by atoms with Gasteiger partial charge in [0.15, 0.2) is 17.6 Å². The maximum absolute atomic E-state index is 12.0. The minimum atomic E-state index is -0.883. The molecule has 0 spiro atoms. The molecule has 7 heteroatoms. The van der Waals surface area contributed by atoms with Crippen LogP contribution in [0.3, 0.4) is 0 Å². The molecule has 0 unspecified atom stereocenters. The highest BCUT2D eigenvalue weighted by Gasteiger charge is 2.23. The van der Waals surface area contributed by atoms with Crippen LogP contribution < -0.4 is 14.8 Å². The van der Waals surface area contributed by atoms with Crippen LogP contribution in [0.25, 0.3) is 0 Å². The van der Waals surface area contributed by atoms with Gasteiger partial charge in [0, 0.05) is 6.54 Å². The molecule has 0 aromatic heterocycles. The van der Waals surface area contributed by atoms with Crippen LogP contribution in [0.5, 0.6) is 11.5 Å². The average molecular weight is 300 g/mol. The fourth-order valence-electron chi connectivity index (χ4n) is 1.69. The van der Waals surface area contributed by atoms with Gasteiger partial charge in [-0.3, -0.25) is 4.79 Å². The van der Waals surface area contributed by atoms with Crippen LogP contribution in [0.15, 0.2) is 12.1 Å². The Balaban J connectivity index is 2.10. The van der Waals surface area contributed by atoms with Gasteiger partial charge >= 0.3 is 5.97 Å². The number of carbonyl (C=O) groups is 2. The molecule has 0 saturated heterocycles. The van der Waals surface area contributed by atoms with Gasteiger partial charge in [-0.05, 0) is 26.0 Å². The number of amides is 1. The number of hydrogen-bond donors (Lipinski definition) is 1. The SMILES string of the molecule is CCNC(=O)[C@H](C)OC(=O)c1cc(Cl)c2c(c1)OCO2. The summed E-state index contributed by atoms with van der Waals surface area (Å²) in [4.78, 5) is 23.5. The maximum atomic E-state index is 12.0. The average Bonchev–Trinajstić information content (AvgIpc) is 2.87. The first-order valence-corrected chi connectivity index (χ1v) is 6.48. The van der Waals surface area contributed by atoms with E-state index < -0.39 is 12.1 Å². The van der Waals surface area contributed by atoms with Crippen molar-refractivity contribution in [1.29, 1.82) is 0 Å². The standard InChI is InChI=1S/C13H14ClNO5/c1-3-15-12(16)7(2)20-13(17)8-4-9(14)11-10(5-8)18-6-19-11/h4-5,7H,3,6H2,1-2H3,(H,15,16)/t7-/m0/s1. The lowest BCUT2D eigenvalue weighted by Gasteiger charge is -2.13. The van der Waals surface area contributed by atoms with Crippen LogP contribution in [0.2, 0.25) is 5.02 Å². The Labute approximate surface area is 120 Å². The molecule has 0 radical (unpaired) electrons. The highest BCUT2D eigenvalue weighted by atomic mass is 35.5. The first-order chi connectivity index (χ1) is 9.52. The number of fused-ring (bicyclic) bond motifs is 1. The molecular formula is C13H14ClNO5. The van der Waals surface area contributed by atoms with Crippen molar-refractivity contribution in [2.45, 2.75) is 20.0 Å². The number of esters is 1. The van der Waals surface area contributed by atoms with Crippen LogP contribution in [0.1, 0.15) is 24.2 Å². The molecule has 1 aromatic carbocycles. The second-order valence-corrected chi connectivity index (χ2v) is 4.54. The minimum Gasteiger partial charge on any atom is -0.454 e. The third-order valence-electron chi connectivity index (χ3n) is 2.67. The predicted octanol–water partition coefficient (Wildman–Crippen LogP) is 1.75. The number of benzene rings is 1. The molecule has 2 rings (SSSR count). The Kier molecular flexibility index (Phi) is 4.34. The van der Waals surface area contributed by atoms with E-state index >= 15 is 0 Å². The molecule has 1 amide bonds. The van der Waals surface area contributed by atoms with Gasteiger partial charge in [0.05, 0.1) is 10.6 Å². The Bertz CT molecular complexity index is 546. The van der Waals surface area contributed by atoms with Gasteiger partial charge in [0.1, 0.15) is 0 Å². The largest absolute Gasteiger partial charge is 0.454 e. The van der Waals surface area contributed by atoms with Gasteiger partial charge in [0.2, 0.25) is 6.79 Å². The lowest BCUT2D eigenvalue weighted by molar-refractivity contribution is -0.128. The maximum Gasteiger partial charge on any atom is 0.339 e. The van der Waals surface area contributed by atoms with Crippen LogP contribution in [-0.2, 0) is 9.53 Å². The van der Waals surface area contributed by atoms with Crippen molar-refractivity contribution in [1.82, 2.24) is 5.32 Å². The third kappa shape index (κ3) is 2.96. The van der Waals surface area contributed by atoms with Gasteiger partial charge in [-0.15, -0.1) is 0 Å². The normalized spacial score (nSPS) is 13.8. The van der Waals surface area contributed by atoms with Crippen LogP contribution in [0.4, 0.5) is 0 Å². The zero-order chi connectivity index (χ0) is 14.7. The molecule has 6 nitrogen and oxygen atoms in total. The number of halogens is 1. The highest BCUT2D eigenvalue weighted by Crippen LogP contribution is 2.39. The summed E-state index contributed by atoms with van der Waals surface area (Å²) in [7, 11) is 0. The molecule has 20 heavy (non-hydrogen) atoms. The van der Waals surface area contributed by atoms with E-state index in [1.165, 1.54) is 19.1 Å². The molecule has 0 aliphatic carbocycles. The molecule has 0 saturated carbocycles. The zero-order valence-corrected chi connectivity index (χ0v) is 11.8. The van der Waals surface area contributed by atoms with E-state index in [-0.39, 0.29) is 23.3 Å². The van der Waals surface area contributed by atoms with E-state index in [0.29, 0.717) is 18.0 Å². The van der Waals surface area contributed by atoms with Crippen molar-refractivity contribution in [2.24, 2.45) is 0 Å². The summed E-state index contributed by atoms with van der Waals surface area (Å²) in [6.07, 6.45) is -0.883. The molecular weight excluding hydrogens is 286 g/mol. The number of nitrogens with one attached hydrogen (secondary N) is 1. The van der Waals surface area contributed by atoms with Gasteiger partial charge in [0.25, 0.3) is 5.91 Å². The van der Waals surface area contributed by atoms with Crippen molar-refractivity contribution < 1.29 is 23.8 Å². The lowest BCUT2D eigenvalue weighted by atomic mass is 10.2. The van der Waals surface area contributed by atoms with Crippen LogP contribution in [0, 0.1) is 0 Å². The van der Waals surface area contributed by atoms with Gasteiger partial charge in [-0.2, -0.15) is 0 Å². The summed E-state index contributed by atoms with van der Waals surface area (Å²) in [6.45, 7) is 3.81. The Hall–Kier alpha value is -1.95. The molecule has 1 N–H and O–H groups in total. The quantitative estimate of drug-likeness (QED) is 0.857. The van der Waals surface area contributed by atoms with Gasteiger partial charge in [-0.25, -0.2) is 4.79 Å². The van der Waals surface area contributed by atoms with Crippen molar-refractivity contribution in [2.75, 3.05) is 13.3 Å². The van der Waals surface area contributed by atoms with Crippen molar-refractivity contribution in [3.05, 3.63) is 22.7 Å². The summed E-state index contributed by atoms with van der Waals surface area (Å²) >= 11 is 5.98. The van der Waals surface area contributed by atoms with Gasteiger partial charge < -0.3 is 19.5 Å². The predicted molar refractivity (Wildman–Crippen MR) is 71.1 cm³/mol. The summed E-state index contributed by atoms with van der Waals surface area (Å²) < 4.78 is 15.4. The van der Waals surface area contributed by atoms with Crippen LogP contribution in [-0.4, -0.2) is 31.3 Å². The number of ether oxygens (including phenoxy) is 3. The first-order valence-electron chi connectivity index (χ1n) is 6.10. The van der Waals surface area contributed by atoms with Gasteiger partial charge in [-0.1, -0.05) is 11.6 Å². The number of likely N-dealkylation sites (N-methyl/N-ethyl adjacent to an activating group) is 1. The summed E-state index contributed by atoms with van der Waals surface area (Å²) in [5.41, 5.74) is 0.204. The van der Waals surface area contributed by atoms with E-state index in [1.54, 1.807) is 6.92 Å². The fourth-order valence-corrected chi connectivity index (χ4v) is 1.95. The minimum absolute atomic E-state index is 0.0584. The summed E-state index contributed by atoms with van der Waals surface area (Å²) in [5.74, 6) is -0.216. The molecule has 1 aromatic rings. The third-order valence-corrected chi connectivity index (χ3v) is 2.95. The Morgan fingerprint density at radius 1 is 1.45 bits per heavy atom. The number of carbonyl (C=O) groups excluding carboxylic acids is 2. The second-order valence-electron chi connectivity index (χ2n) is 4.13. The highest BCUT2D eigenvalue weighted by molar-refractivity contribution is 6.32. The monoisotopic (exact) mass is 299 g/mol. The molecule has 108 valence electrons. The van der Waals surface area contributed by atoms with Crippen molar-refractivity contribution in [3.8, 4) is 11.5 Å². The number of hydrogen-bond acceptors (Lipinski definition) is 5. The smallest absolute Gasteiger partial charge is 0.339 e. The molecule has 1 aliphatic rings. The van der Waals surface area contributed by atoms with Crippen molar-refractivity contribution >= 4 is 23.5 Å². The zero-order valence-electron chi connectivity index (χ0n) is 11.1. The van der Waals surface area contributed by atoms with E-state index in [1.807, 2.05) is 0 Å². The number of rotatable bonds is 4. The topological polar surface area (TPSA) is 73.9 Å². The molecule has 0 fully saturated rings. The Morgan fingerprint density at radius 3 is 2.90 bits per heavy atom. The van der Waals surface area contributed by atoms with E-state index in [2.05, 4.69) is 5.32 Å². The summed E-state index contributed by atoms with van der Waals surface area (Å²) in [6, 6.07) is 2.89. The fraction of sp³-hybridized carbons (Fsp3) is 0.385. The molecule has 0 bridgehead atoms. The lowest BCUT2D eigenvalue weighted by Crippen LogP contribution is -2.35. The Morgan fingerprint density at radius 2 is 2.20 bits per heavy atom. The molecule has 1 aliphatic heterocycles. The first kappa shape index (κ1) is 14.5. The van der Waals surface area contributed by atoms with E-state index in [4.69, 9.17) is 25.8 Å². The van der Waals surface area contributed by atoms with E-state index in [0.717, 1.165) is 0 Å². The molecule has 1 heterocycles.